The molecular weight excluding hydrogens is 301 g/mol. The molecule has 4 nitrogen and oxygen atoms in total. The van der Waals surface area contributed by atoms with E-state index in [0.29, 0.717) is 17.2 Å². The maximum absolute atomic E-state index is 12.5. The molecule has 1 amide bonds. The lowest BCUT2D eigenvalue weighted by molar-refractivity contribution is -0.144. The van der Waals surface area contributed by atoms with E-state index in [0.717, 1.165) is 12.8 Å². The van der Waals surface area contributed by atoms with Gasteiger partial charge in [-0.25, -0.2) is 0 Å². The van der Waals surface area contributed by atoms with Gasteiger partial charge in [0.15, 0.2) is 0 Å². The topological polar surface area (TPSA) is 46.6 Å². The van der Waals surface area contributed by atoms with Gasteiger partial charge in [-0.05, 0) is 31.9 Å². The minimum atomic E-state index is -0.411. The molecule has 1 aliphatic rings. The molecule has 2 rings (SSSR count). The molecule has 0 radical (unpaired) electrons. The normalized spacial score (nSPS) is 13.9. The number of esters is 1. The first kappa shape index (κ1) is 15.1. The maximum atomic E-state index is 12.5. The maximum Gasteiger partial charge on any atom is 0.325 e. The van der Waals surface area contributed by atoms with Gasteiger partial charge in [-0.1, -0.05) is 29.3 Å². The molecule has 1 aliphatic carbocycles. The Morgan fingerprint density at radius 1 is 1.35 bits per heavy atom. The minimum Gasteiger partial charge on any atom is -0.465 e. The summed E-state index contributed by atoms with van der Waals surface area (Å²) in [5.74, 6) is -0.695. The average molecular weight is 316 g/mol. The van der Waals surface area contributed by atoms with Crippen molar-refractivity contribution in [2.24, 2.45) is 0 Å². The summed E-state index contributed by atoms with van der Waals surface area (Å²) in [5.41, 5.74) is 0.315. The molecule has 1 aromatic rings. The number of hydrogen-bond acceptors (Lipinski definition) is 3. The van der Waals surface area contributed by atoms with E-state index in [1.807, 2.05) is 0 Å². The van der Waals surface area contributed by atoms with Gasteiger partial charge in [0, 0.05) is 6.04 Å². The molecule has 20 heavy (non-hydrogen) atoms. The van der Waals surface area contributed by atoms with Crippen molar-refractivity contribution >= 4 is 35.1 Å². The van der Waals surface area contributed by atoms with Crippen LogP contribution in [0.1, 0.15) is 30.1 Å². The fourth-order valence-electron chi connectivity index (χ4n) is 1.92. The van der Waals surface area contributed by atoms with Gasteiger partial charge in [0.25, 0.3) is 5.91 Å². The first-order valence-corrected chi connectivity index (χ1v) is 7.20. The molecule has 0 N–H and O–H groups in total. The molecule has 1 fully saturated rings. The van der Waals surface area contributed by atoms with Gasteiger partial charge < -0.3 is 9.64 Å². The molecule has 1 aromatic carbocycles. The fraction of sp³-hybridized carbons (Fsp3) is 0.429. The Labute approximate surface area is 127 Å². The number of benzene rings is 1. The molecule has 0 unspecified atom stereocenters. The summed E-state index contributed by atoms with van der Waals surface area (Å²) in [7, 11) is 0. The summed E-state index contributed by atoms with van der Waals surface area (Å²) in [6.45, 7) is 1.97. The molecule has 0 bridgehead atoms. The van der Waals surface area contributed by atoms with Crippen molar-refractivity contribution in [3.8, 4) is 0 Å². The van der Waals surface area contributed by atoms with Crippen LogP contribution >= 0.6 is 23.2 Å². The highest BCUT2D eigenvalue weighted by Crippen LogP contribution is 2.31. The van der Waals surface area contributed by atoms with Crippen molar-refractivity contribution in [1.29, 1.82) is 0 Å². The van der Waals surface area contributed by atoms with Crippen LogP contribution in [-0.2, 0) is 9.53 Å². The van der Waals surface area contributed by atoms with Crippen LogP contribution in [0.3, 0.4) is 0 Å². The lowest BCUT2D eigenvalue weighted by Gasteiger charge is -2.22. The number of carbonyl (C=O) groups excluding carboxylic acids is 2. The standard InChI is InChI=1S/C14H15Cl2NO3/c1-2-20-12(18)8-17(9-6-7-9)14(19)10-4-3-5-11(15)13(10)16/h3-5,9H,2,6-8H2,1H3. The van der Waals surface area contributed by atoms with Crippen molar-refractivity contribution in [1.82, 2.24) is 4.90 Å². The van der Waals surface area contributed by atoms with Crippen LogP contribution in [0, 0.1) is 0 Å². The Morgan fingerprint density at radius 2 is 2.05 bits per heavy atom. The van der Waals surface area contributed by atoms with Gasteiger partial charge in [0.2, 0.25) is 0 Å². The number of ether oxygens (including phenoxy) is 1. The lowest BCUT2D eigenvalue weighted by Crippen LogP contribution is -2.38. The van der Waals surface area contributed by atoms with Crippen molar-refractivity contribution in [3.05, 3.63) is 33.8 Å². The SMILES string of the molecule is CCOC(=O)CN(C(=O)c1cccc(Cl)c1Cl)C1CC1. The number of carbonyl (C=O) groups is 2. The second kappa shape index (κ2) is 6.46. The number of hydrogen-bond donors (Lipinski definition) is 0. The predicted molar refractivity (Wildman–Crippen MR) is 77.2 cm³/mol. The van der Waals surface area contributed by atoms with Gasteiger partial charge in [-0.3, -0.25) is 9.59 Å². The molecule has 1 saturated carbocycles. The molecular formula is C14H15Cl2NO3. The molecule has 0 aromatic heterocycles. The third-order valence-corrected chi connectivity index (χ3v) is 3.85. The molecule has 0 saturated heterocycles. The zero-order valence-electron chi connectivity index (χ0n) is 11.1. The van der Waals surface area contributed by atoms with Crippen LogP contribution < -0.4 is 0 Å². The predicted octanol–water partition coefficient (Wildman–Crippen LogP) is 3.16. The smallest absolute Gasteiger partial charge is 0.325 e. The minimum absolute atomic E-state index is 0.0554. The summed E-state index contributed by atoms with van der Waals surface area (Å²) in [5, 5.41) is 0.540. The Morgan fingerprint density at radius 3 is 2.65 bits per heavy atom. The van der Waals surface area contributed by atoms with E-state index < -0.39 is 5.97 Å². The monoisotopic (exact) mass is 315 g/mol. The summed E-state index contributed by atoms with van der Waals surface area (Å²) in [6.07, 6.45) is 1.78. The fourth-order valence-corrected chi connectivity index (χ4v) is 2.30. The number of amides is 1. The molecule has 0 spiro atoms. The lowest BCUT2D eigenvalue weighted by atomic mass is 10.2. The molecule has 0 atom stereocenters. The highest BCUT2D eigenvalue weighted by molar-refractivity contribution is 6.43. The van der Waals surface area contributed by atoms with E-state index >= 15 is 0 Å². The molecule has 0 aliphatic heterocycles. The second-order valence-corrected chi connectivity index (χ2v) is 5.36. The zero-order valence-corrected chi connectivity index (χ0v) is 12.6. The summed E-state index contributed by atoms with van der Waals surface area (Å²) >= 11 is 12.0. The second-order valence-electron chi connectivity index (χ2n) is 4.57. The van der Waals surface area contributed by atoms with E-state index in [4.69, 9.17) is 27.9 Å². The molecule has 108 valence electrons. The van der Waals surface area contributed by atoms with Crippen molar-refractivity contribution in [2.75, 3.05) is 13.2 Å². The quantitative estimate of drug-likeness (QED) is 0.784. The first-order chi connectivity index (χ1) is 9.54. The van der Waals surface area contributed by atoms with Gasteiger partial charge in [0.05, 0.1) is 22.2 Å². The molecule has 6 heteroatoms. The van der Waals surface area contributed by atoms with Crippen LogP contribution in [0.2, 0.25) is 10.0 Å². The van der Waals surface area contributed by atoms with Crippen LogP contribution in [0.15, 0.2) is 18.2 Å². The van der Waals surface area contributed by atoms with E-state index in [1.165, 1.54) is 4.90 Å². The highest BCUT2D eigenvalue weighted by Gasteiger charge is 2.35. The largest absolute Gasteiger partial charge is 0.465 e. The number of nitrogens with zero attached hydrogens (tertiary/aromatic N) is 1. The van der Waals surface area contributed by atoms with Gasteiger partial charge in [0.1, 0.15) is 6.54 Å². The Kier molecular flexibility index (Phi) is 4.89. The number of rotatable bonds is 5. The summed E-state index contributed by atoms with van der Waals surface area (Å²) in [4.78, 5) is 25.6. The third-order valence-electron chi connectivity index (χ3n) is 3.04. The summed E-state index contributed by atoms with van der Waals surface area (Å²) in [6, 6.07) is 4.98. The van der Waals surface area contributed by atoms with Crippen LogP contribution in [0.25, 0.3) is 0 Å². The highest BCUT2D eigenvalue weighted by atomic mass is 35.5. The van der Waals surface area contributed by atoms with E-state index in [-0.39, 0.29) is 23.5 Å². The Hall–Kier alpha value is -1.26. The number of halogens is 2. The van der Waals surface area contributed by atoms with Crippen LogP contribution in [0.4, 0.5) is 0 Å². The zero-order chi connectivity index (χ0) is 14.7. The third kappa shape index (κ3) is 3.44. The van der Waals surface area contributed by atoms with Crippen molar-refractivity contribution in [3.63, 3.8) is 0 Å². The van der Waals surface area contributed by atoms with E-state index in [1.54, 1.807) is 25.1 Å². The average Bonchev–Trinajstić information content (AvgIpc) is 3.23. The van der Waals surface area contributed by atoms with E-state index in [2.05, 4.69) is 0 Å². The van der Waals surface area contributed by atoms with Gasteiger partial charge in [-0.2, -0.15) is 0 Å². The van der Waals surface area contributed by atoms with Gasteiger partial charge >= 0.3 is 5.97 Å². The van der Waals surface area contributed by atoms with Gasteiger partial charge in [-0.15, -0.1) is 0 Å². The Balaban J connectivity index is 2.19. The summed E-state index contributed by atoms with van der Waals surface area (Å²) < 4.78 is 4.90. The Bertz CT molecular complexity index is 529. The van der Waals surface area contributed by atoms with E-state index in [9.17, 15) is 9.59 Å². The van der Waals surface area contributed by atoms with Crippen LogP contribution in [-0.4, -0.2) is 36.0 Å². The van der Waals surface area contributed by atoms with Crippen molar-refractivity contribution in [2.45, 2.75) is 25.8 Å². The first-order valence-electron chi connectivity index (χ1n) is 6.45. The van der Waals surface area contributed by atoms with Crippen molar-refractivity contribution < 1.29 is 14.3 Å². The van der Waals surface area contributed by atoms with Crippen LogP contribution in [0.5, 0.6) is 0 Å². The molecule has 0 heterocycles.